The molecule has 0 N–H and O–H groups in total. The van der Waals surface area contributed by atoms with Gasteiger partial charge in [-0.25, -0.2) is 0 Å². The molecule has 0 spiro atoms. The number of likely N-dealkylation sites (tertiary alicyclic amines) is 1. The standard InChI is InChI=1S/C7H11NO2/c1-5-6(9)3-4-8(2)7(5)10/h5H,3-4H2,1-2H3. The van der Waals surface area contributed by atoms with Crippen molar-refractivity contribution in [3.63, 3.8) is 0 Å². The molecule has 1 heterocycles. The topological polar surface area (TPSA) is 37.4 Å². The van der Waals surface area contributed by atoms with Crippen molar-refractivity contribution in [1.82, 2.24) is 4.90 Å². The van der Waals surface area contributed by atoms with Crippen LogP contribution in [0.5, 0.6) is 0 Å². The predicted molar refractivity (Wildman–Crippen MR) is 36.4 cm³/mol. The van der Waals surface area contributed by atoms with E-state index in [1.807, 2.05) is 0 Å². The van der Waals surface area contributed by atoms with E-state index in [0.29, 0.717) is 13.0 Å². The number of piperidine rings is 1. The molecule has 0 radical (unpaired) electrons. The molecule has 1 atom stereocenters. The number of carbonyl (C=O) groups is 2. The van der Waals surface area contributed by atoms with E-state index in [9.17, 15) is 9.59 Å². The third-order valence-corrected chi connectivity index (χ3v) is 1.92. The van der Waals surface area contributed by atoms with Crippen molar-refractivity contribution < 1.29 is 9.59 Å². The SMILES string of the molecule is CC1C(=O)CCN(C)C1=O. The quantitative estimate of drug-likeness (QED) is 0.447. The first-order valence-electron chi connectivity index (χ1n) is 3.40. The van der Waals surface area contributed by atoms with Crippen LogP contribution in [0.25, 0.3) is 0 Å². The van der Waals surface area contributed by atoms with E-state index in [4.69, 9.17) is 0 Å². The molecule has 10 heavy (non-hydrogen) atoms. The fraction of sp³-hybridized carbons (Fsp3) is 0.714. The van der Waals surface area contributed by atoms with Gasteiger partial charge in [-0.1, -0.05) is 0 Å². The Morgan fingerprint density at radius 2 is 2.10 bits per heavy atom. The molecule has 1 aliphatic rings. The van der Waals surface area contributed by atoms with Crippen LogP contribution in [-0.2, 0) is 9.59 Å². The zero-order chi connectivity index (χ0) is 7.72. The zero-order valence-corrected chi connectivity index (χ0v) is 6.26. The van der Waals surface area contributed by atoms with Gasteiger partial charge in [0.2, 0.25) is 5.91 Å². The van der Waals surface area contributed by atoms with E-state index < -0.39 is 5.92 Å². The molecule has 0 bridgehead atoms. The van der Waals surface area contributed by atoms with Crippen LogP contribution in [-0.4, -0.2) is 30.2 Å². The van der Waals surface area contributed by atoms with Gasteiger partial charge in [0.15, 0.2) is 0 Å². The van der Waals surface area contributed by atoms with Gasteiger partial charge in [0, 0.05) is 20.0 Å². The number of Topliss-reactive ketones (excluding diaryl/α,β-unsaturated/α-hetero) is 1. The Hall–Kier alpha value is -0.860. The minimum absolute atomic E-state index is 0.0451. The van der Waals surface area contributed by atoms with Crippen LogP contribution in [0.2, 0.25) is 0 Å². The highest BCUT2D eigenvalue weighted by atomic mass is 16.2. The van der Waals surface area contributed by atoms with Crippen molar-refractivity contribution in [1.29, 1.82) is 0 Å². The molecule has 0 aromatic heterocycles. The van der Waals surface area contributed by atoms with E-state index in [1.165, 1.54) is 0 Å². The van der Waals surface area contributed by atoms with E-state index in [2.05, 4.69) is 0 Å². The van der Waals surface area contributed by atoms with Crippen molar-refractivity contribution >= 4 is 11.7 Å². The zero-order valence-electron chi connectivity index (χ0n) is 6.26. The molecule has 0 aliphatic carbocycles. The molecule has 1 fully saturated rings. The molecule has 0 aromatic carbocycles. The second kappa shape index (κ2) is 2.40. The highest BCUT2D eigenvalue weighted by molar-refractivity contribution is 6.02. The van der Waals surface area contributed by atoms with Crippen molar-refractivity contribution in [3.05, 3.63) is 0 Å². The number of ketones is 1. The molecule has 0 saturated carbocycles. The molecular weight excluding hydrogens is 130 g/mol. The summed E-state index contributed by atoms with van der Waals surface area (Å²) in [5, 5.41) is 0. The number of nitrogens with zero attached hydrogens (tertiary/aromatic N) is 1. The summed E-state index contributed by atoms with van der Waals surface area (Å²) in [6.45, 7) is 2.25. The minimum atomic E-state index is -0.404. The van der Waals surface area contributed by atoms with Crippen LogP contribution in [0.3, 0.4) is 0 Å². The van der Waals surface area contributed by atoms with Crippen LogP contribution < -0.4 is 0 Å². The largest absolute Gasteiger partial charge is 0.345 e. The Morgan fingerprint density at radius 3 is 2.60 bits per heavy atom. The van der Waals surface area contributed by atoms with E-state index in [0.717, 1.165) is 0 Å². The molecule has 1 rings (SSSR count). The highest BCUT2D eigenvalue weighted by Crippen LogP contribution is 2.11. The first kappa shape index (κ1) is 7.25. The van der Waals surface area contributed by atoms with Crippen molar-refractivity contribution in [2.24, 2.45) is 5.92 Å². The summed E-state index contributed by atoms with van der Waals surface area (Å²) in [7, 11) is 1.73. The van der Waals surface area contributed by atoms with E-state index in [1.54, 1.807) is 18.9 Å². The first-order chi connectivity index (χ1) is 4.63. The van der Waals surface area contributed by atoms with Crippen LogP contribution in [0.15, 0.2) is 0 Å². The van der Waals surface area contributed by atoms with Crippen molar-refractivity contribution in [2.45, 2.75) is 13.3 Å². The second-order valence-electron chi connectivity index (χ2n) is 2.70. The van der Waals surface area contributed by atoms with E-state index >= 15 is 0 Å². The lowest BCUT2D eigenvalue weighted by atomic mass is 9.98. The molecule has 56 valence electrons. The Labute approximate surface area is 60.0 Å². The number of amides is 1. The number of hydrogen-bond donors (Lipinski definition) is 0. The Kier molecular flexibility index (Phi) is 1.74. The maximum Gasteiger partial charge on any atom is 0.232 e. The van der Waals surface area contributed by atoms with Gasteiger partial charge in [0.25, 0.3) is 0 Å². The third-order valence-electron chi connectivity index (χ3n) is 1.92. The lowest BCUT2D eigenvalue weighted by Crippen LogP contribution is -2.42. The van der Waals surface area contributed by atoms with Crippen molar-refractivity contribution in [2.75, 3.05) is 13.6 Å². The monoisotopic (exact) mass is 141 g/mol. The van der Waals surface area contributed by atoms with Gasteiger partial charge in [0.1, 0.15) is 5.78 Å². The molecule has 3 nitrogen and oxygen atoms in total. The molecule has 1 amide bonds. The van der Waals surface area contributed by atoms with Gasteiger partial charge >= 0.3 is 0 Å². The lowest BCUT2D eigenvalue weighted by molar-refractivity contribution is -0.143. The Balaban J connectivity index is 2.70. The maximum atomic E-state index is 11.0. The summed E-state index contributed by atoms with van der Waals surface area (Å²) < 4.78 is 0. The van der Waals surface area contributed by atoms with Crippen molar-refractivity contribution in [3.8, 4) is 0 Å². The van der Waals surface area contributed by atoms with Gasteiger partial charge in [-0.3, -0.25) is 9.59 Å². The van der Waals surface area contributed by atoms with Gasteiger partial charge in [-0.05, 0) is 6.92 Å². The average molecular weight is 141 g/mol. The van der Waals surface area contributed by atoms with Crippen LogP contribution in [0, 0.1) is 5.92 Å². The van der Waals surface area contributed by atoms with Gasteiger partial charge in [-0.2, -0.15) is 0 Å². The van der Waals surface area contributed by atoms with Gasteiger partial charge < -0.3 is 4.90 Å². The van der Waals surface area contributed by atoms with Crippen LogP contribution >= 0.6 is 0 Å². The summed E-state index contributed by atoms with van der Waals surface area (Å²) >= 11 is 0. The van der Waals surface area contributed by atoms with Gasteiger partial charge in [-0.15, -0.1) is 0 Å². The highest BCUT2D eigenvalue weighted by Gasteiger charge is 2.28. The minimum Gasteiger partial charge on any atom is -0.345 e. The van der Waals surface area contributed by atoms with E-state index in [-0.39, 0.29) is 11.7 Å². The summed E-state index contributed by atoms with van der Waals surface area (Å²) in [4.78, 5) is 23.5. The molecule has 0 aromatic rings. The summed E-state index contributed by atoms with van der Waals surface area (Å²) in [5.41, 5.74) is 0. The molecule has 1 aliphatic heterocycles. The lowest BCUT2D eigenvalue weighted by Gasteiger charge is -2.25. The fourth-order valence-electron chi connectivity index (χ4n) is 1.07. The predicted octanol–water partition coefficient (Wildman–Crippen LogP) is 0.0537. The maximum absolute atomic E-state index is 11.0. The normalized spacial score (nSPS) is 27.4. The third kappa shape index (κ3) is 1.03. The smallest absolute Gasteiger partial charge is 0.232 e. The Bertz CT molecular complexity index is 176. The average Bonchev–Trinajstić information content (AvgIpc) is 1.93. The molecular formula is C7H11NO2. The molecule has 1 unspecified atom stereocenters. The number of hydrogen-bond acceptors (Lipinski definition) is 2. The Morgan fingerprint density at radius 1 is 1.50 bits per heavy atom. The molecule has 3 heteroatoms. The molecule has 1 saturated heterocycles. The summed E-state index contributed by atoms with van der Waals surface area (Å²) in [6.07, 6.45) is 0.517. The summed E-state index contributed by atoms with van der Waals surface area (Å²) in [6, 6.07) is 0. The second-order valence-corrected chi connectivity index (χ2v) is 2.70. The fourth-order valence-corrected chi connectivity index (χ4v) is 1.07. The van der Waals surface area contributed by atoms with Gasteiger partial charge in [0.05, 0.1) is 5.92 Å². The number of carbonyl (C=O) groups excluding carboxylic acids is 2. The first-order valence-corrected chi connectivity index (χ1v) is 3.40. The van der Waals surface area contributed by atoms with Crippen LogP contribution in [0.4, 0.5) is 0 Å². The summed E-state index contributed by atoms with van der Waals surface area (Å²) in [5.74, 6) is -0.377. The van der Waals surface area contributed by atoms with Crippen LogP contribution in [0.1, 0.15) is 13.3 Å². The number of rotatable bonds is 0.